The van der Waals surface area contributed by atoms with Gasteiger partial charge in [-0.05, 0) is 30.3 Å². The van der Waals surface area contributed by atoms with Crippen LogP contribution in [0.3, 0.4) is 0 Å². The molecule has 1 aliphatic heterocycles. The number of halogens is 1. The van der Waals surface area contributed by atoms with Crippen LogP contribution in [-0.4, -0.2) is 15.1 Å². The average molecular weight is 426 g/mol. The lowest BCUT2D eigenvalue weighted by molar-refractivity contribution is -0.122. The summed E-state index contributed by atoms with van der Waals surface area (Å²) in [5.41, 5.74) is 1.19. The molecule has 4 rings (SSSR count). The largest absolute Gasteiger partial charge is 0.488 e. The molecule has 3 aromatic rings. The van der Waals surface area contributed by atoms with Crippen molar-refractivity contribution in [1.29, 1.82) is 0 Å². The summed E-state index contributed by atoms with van der Waals surface area (Å²) in [6, 6.07) is 17.4. The van der Waals surface area contributed by atoms with Crippen LogP contribution in [0.5, 0.6) is 5.75 Å². The highest BCUT2D eigenvalue weighted by Crippen LogP contribution is 2.35. The van der Waals surface area contributed by atoms with Crippen LogP contribution in [0.15, 0.2) is 76.2 Å². The number of carbonyl (C=O) groups is 1. The zero-order valence-electron chi connectivity index (χ0n) is 15.2. The van der Waals surface area contributed by atoms with E-state index in [2.05, 4.69) is 0 Å². The van der Waals surface area contributed by atoms with Crippen LogP contribution in [0.25, 0.3) is 6.08 Å². The van der Waals surface area contributed by atoms with Gasteiger partial charge in [0.2, 0.25) is 0 Å². The van der Waals surface area contributed by atoms with E-state index in [1.54, 1.807) is 48.7 Å². The minimum absolute atomic E-state index is 0.0942. The van der Waals surface area contributed by atoms with Crippen LogP contribution in [0.4, 0.5) is 4.39 Å². The fourth-order valence-corrected chi connectivity index (χ4v) is 4.08. The van der Waals surface area contributed by atoms with Crippen molar-refractivity contribution < 1.29 is 18.3 Å². The van der Waals surface area contributed by atoms with E-state index >= 15 is 0 Å². The Labute approximate surface area is 177 Å². The van der Waals surface area contributed by atoms with Gasteiger partial charge in [-0.1, -0.05) is 60.4 Å². The van der Waals surface area contributed by atoms with Crippen LogP contribution in [0.2, 0.25) is 0 Å². The first-order valence-electron chi connectivity index (χ1n) is 8.85. The van der Waals surface area contributed by atoms with E-state index in [0.29, 0.717) is 32.8 Å². The van der Waals surface area contributed by atoms with E-state index < -0.39 is 0 Å². The number of benzene rings is 2. The minimum Gasteiger partial charge on any atom is -0.488 e. The Morgan fingerprint density at radius 3 is 2.69 bits per heavy atom. The summed E-state index contributed by atoms with van der Waals surface area (Å²) in [4.78, 5) is 14.8. The summed E-state index contributed by atoms with van der Waals surface area (Å²) >= 11 is 6.59. The molecule has 0 saturated carbocycles. The van der Waals surface area contributed by atoms with Gasteiger partial charge in [0, 0.05) is 11.1 Å². The van der Waals surface area contributed by atoms with Gasteiger partial charge in [-0.15, -0.1) is 0 Å². The van der Waals surface area contributed by atoms with E-state index in [1.165, 1.54) is 22.7 Å². The molecular weight excluding hydrogens is 409 g/mol. The van der Waals surface area contributed by atoms with Gasteiger partial charge in [0.05, 0.1) is 17.7 Å². The minimum atomic E-state index is -0.316. The third-order valence-corrected chi connectivity index (χ3v) is 5.69. The normalized spacial score (nSPS) is 15.3. The van der Waals surface area contributed by atoms with Gasteiger partial charge in [0.25, 0.3) is 5.91 Å². The third-order valence-electron chi connectivity index (χ3n) is 4.31. The molecule has 0 spiro atoms. The first-order valence-corrected chi connectivity index (χ1v) is 10.1. The number of hydrogen-bond acceptors (Lipinski definition) is 5. The Morgan fingerprint density at radius 1 is 1.10 bits per heavy atom. The number of furan rings is 1. The highest BCUT2D eigenvalue weighted by atomic mass is 32.2. The summed E-state index contributed by atoms with van der Waals surface area (Å²) in [7, 11) is 0. The molecule has 1 fully saturated rings. The predicted octanol–water partition coefficient (Wildman–Crippen LogP) is 5.40. The van der Waals surface area contributed by atoms with E-state index in [9.17, 15) is 9.18 Å². The highest BCUT2D eigenvalue weighted by molar-refractivity contribution is 8.26. The lowest BCUT2D eigenvalue weighted by Crippen LogP contribution is -2.27. The SMILES string of the molecule is O=C1C(=Cc2ccccc2OCc2ccccc2F)SC(=S)N1Cc1ccco1. The standard InChI is InChI=1S/C22H16FNO3S2/c23-18-9-3-1-7-16(18)14-27-19-10-4-2-6-15(19)12-20-21(25)24(22(28)29-20)13-17-8-5-11-26-17/h1-12H,13-14H2. The van der Waals surface area contributed by atoms with Crippen molar-refractivity contribution in [2.24, 2.45) is 0 Å². The molecule has 0 N–H and O–H groups in total. The monoisotopic (exact) mass is 425 g/mol. The maximum Gasteiger partial charge on any atom is 0.266 e. The Balaban J connectivity index is 1.53. The molecule has 4 nitrogen and oxygen atoms in total. The molecule has 1 saturated heterocycles. The van der Waals surface area contributed by atoms with Crippen molar-refractivity contribution in [2.75, 3.05) is 0 Å². The van der Waals surface area contributed by atoms with Gasteiger partial charge in [-0.3, -0.25) is 9.69 Å². The summed E-state index contributed by atoms with van der Waals surface area (Å²) in [5, 5.41) is 0. The van der Waals surface area contributed by atoms with Gasteiger partial charge < -0.3 is 9.15 Å². The molecule has 1 aliphatic rings. The molecule has 0 unspecified atom stereocenters. The van der Waals surface area contributed by atoms with Crippen molar-refractivity contribution in [2.45, 2.75) is 13.2 Å². The second-order valence-electron chi connectivity index (χ2n) is 6.27. The molecule has 0 bridgehead atoms. The number of rotatable bonds is 6. The highest BCUT2D eigenvalue weighted by Gasteiger charge is 2.32. The molecule has 146 valence electrons. The van der Waals surface area contributed by atoms with Crippen LogP contribution in [-0.2, 0) is 17.9 Å². The zero-order chi connectivity index (χ0) is 20.2. The molecule has 29 heavy (non-hydrogen) atoms. The van der Waals surface area contributed by atoms with Gasteiger partial charge in [-0.25, -0.2) is 4.39 Å². The lowest BCUT2D eigenvalue weighted by Gasteiger charge is -2.12. The quantitative estimate of drug-likeness (QED) is 0.391. The van der Waals surface area contributed by atoms with Crippen LogP contribution < -0.4 is 4.74 Å². The van der Waals surface area contributed by atoms with E-state index in [1.807, 2.05) is 18.2 Å². The molecule has 1 aromatic heterocycles. The average Bonchev–Trinajstić information content (AvgIpc) is 3.33. The van der Waals surface area contributed by atoms with Gasteiger partial charge in [0.15, 0.2) is 0 Å². The molecule has 0 radical (unpaired) electrons. The number of amides is 1. The zero-order valence-corrected chi connectivity index (χ0v) is 16.8. The van der Waals surface area contributed by atoms with Crippen molar-refractivity contribution in [1.82, 2.24) is 4.90 Å². The maximum atomic E-state index is 13.8. The van der Waals surface area contributed by atoms with Crippen LogP contribution in [0, 0.1) is 5.82 Å². The van der Waals surface area contributed by atoms with E-state index in [-0.39, 0.29) is 18.3 Å². The number of hydrogen-bond donors (Lipinski definition) is 0. The van der Waals surface area contributed by atoms with Crippen molar-refractivity contribution in [3.63, 3.8) is 0 Å². The first-order chi connectivity index (χ1) is 14.1. The van der Waals surface area contributed by atoms with Gasteiger partial charge in [-0.2, -0.15) is 0 Å². The van der Waals surface area contributed by atoms with Crippen LogP contribution in [0.1, 0.15) is 16.9 Å². The number of carbonyl (C=O) groups excluding carboxylic acids is 1. The molecule has 1 amide bonds. The maximum absolute atomic E-state index is 13.8. The Hall–Kier alpha value is -2.90. The third kappa shape index (κ3) is 4.41. The molecule has 7 heteroatoms. The van der Waals surface area contributed by atoms with Gasteiger partial charge >= 0.3 is 0 Å². The van der Waals surface area contributed by atoms with Gasteiger partial charge in [0.1, 0.15) is 28.3 Å². The number of thioether (sulfide) groups is 1. The lowest BCUT2D eigenvalue weighted by atomic mass is 10.1. The molecular formula is C22H16FNO3S2. The number of para-hydroxylation sites is 1. The molecule has 0 atom stereocenters. The first kappa shape index (κ1) is 19.4. The number of thiocarbonyl (C=S) groups is 1. The Morgan fingerprint density at radius 2 is 1.90 bits per heavy atom. The predicted molar refractivity (Wildman–Crippen MR) is 115 cm³/mol. The van der Waals surface area contributed by atoms with Crippen molar-refractivity contribution >= 4 is 40.3 Å². The Kier molecular flexibility index (Phi) is 5.78. The van der Waals surface area contributed by atoms with Crippen LogP contribution >= 0.6 is 24.0 Å². The second kappa shape index (κ2) is 8.63. The van der Waals surface area contributed by atoms with Crippen molar-refractivity contribution in [3.05, 3.63) is 94.5 Å². The summed E-state index contributed by atoms with van der Waals surface area (Å²) < 4.78 is 25.5. The smallest absolute Gasteiger partial charge is 0.266 e. The number of ether oxygens (including phenoxy) is 1. The summed E-state index contributed by atoms with van der Waals surface area (Å²) in [5.74, 6) is 0.729. The fraction of sp³-hybridized carbons (Fsp3) is 0.0909. The summed E-state index contributed by atoms with van der Waals surface area (Å²) in [6.45, 7) is 0.386. The fourth-order valence-electron chi connectivity index (χ4n) is 2.84. The van der Waals surface area contributed by atoms with Crippen molar-refractivity contribution in [3.8, 4) is 5.75 Å². The molecule has 0 aliphatic carbocycles. The van der Waals surface area contributed by atoms with E-state index in [4.69, 9.17) is 21.4 Å². The number of nitrogens with zero attached hydrogens (tertiary/aromatic N) is 1. The summed E-state index contributed by atoms with van der Waals surface area (Å²) in [6.07, 6.45) is 3.31. The molecule has 2 heterocycles. The second-order valence-corrected chi connectivity index (χ2v) is 7.94. The van der Waals surface area contributed by atoms with E-state index in [0.717, 1.165) is 5.56 Å². The molecule has 2 aromatic carbocycles. The topological polar surface area (TPSA) is 42.7 Å². The Bertz CT molecular complexity index is 1080.